The molecule has 274 valence electrons. The molecule has 4 heteroatoms. The average Bonchev–Trinajstić information content (AvgIpc) is 4.02. The van der Waals surface area contributed by atoms with Crippen molar-refractivity contribution in [1.82, 2.24) is 9.13 Å². The Morgan fingerprint density at radius 1 is 0.517 bits per heavy atom. The van der Waals surface area contributed by atoms with Crippen LogP contribution in [-0.2, 0) is 6.42 Å². The van der Waals surface area contributed by atoms with Crippen LogP contribution in [0.1, 0.15) is 29.2 Å². The Morgan fingerprint density at radius 3 is 1.91 bits per heavy atom. The molecule has 0 fully saturated rings. The Morgan fingerprint density at radius 2 is 1.16 bits per heavy atom. The van der Waals surface area contributed by atoms with Crippen LogP contribution in [0.3, 0.4) is 0 Å². The first-order valence-electron chi connectivity index (χ1n) is 20.3. The number of benzene rings is 7. The van der Waals surface area contributed by atoms with E-state index in [2.05, 4.69) is 191 Å². The molecule has 7 aromatic carbocycles. The van der Waals surface area contributed by atoms with Gasteiger partial charge >= 0.3 is 0 Å². The second kappa shape index (κ2) is 12.1. The van der Waals surface area contributed by atoms with E-state index in [0.29, 0.717) is 0 Å². The molecule has 4 nitrogen and oxygen atoms in total. The molecule has 3 aliphatic rings. The maximum atomic E-state index is 6.59. The van der Waals surface area contributed by atoms with Gasteiger partial charge in [0, 0.05) is 61.4 Å². The zero-order valence-electron chi connectivity index (χ0n) is 31.6. The molecule has 0 radical (unpaired) electrons. The normalized spacial score (nSPS) is 16.5. The Hall–Kier alpha value is -7.30. The van der Waals surface area contributed by atoms with E-state index in [1.165, 1.54) is 77.5 Å². The molecule has 10 aromatic rings. The van der Waals surface area contributed by atoms with Crippen molar-refractivity contribution in [3.8, 4) is 39.4 Å². The Balaban J connectivity index is 0.883. The van der Waals surface area contributed by atoms with E-state index < -0.39 is 0 Å². The van der Waals surface area contributed by atoms with Crippen molar-refractivity contribution in [2.75, 3.05) is 0 Å². The predicted octanol–water partition coefficient (Wildman–Crippen LogP) is 11.9. The van der Waals surface area contributed by atoms with Crippen LogP contribution in [0.5, 0.6) is 5.75 Å². The van der Waals surface area contributed by atoms with Crippen molar-refractivity contribution in [1.29, 1.82) is 0 Å². The van der Waals surface area contributed by atoms with Gasteiger partial charge in [-0.05, 0) is 113 Å². The highest BCUT2D eigenvalue weighted by atomic mass is 16.5. The highest BCUT2D eigenvalue weighted by Crippen LogP contribution is 2.44. The predicted molar refractivity (Wildman–Crippen MR) is 237 cm³/mol. The molecule has 3 aromatic heterocycles. The molecule has 0 amide bonds. The van der Waals surface area contributed by atoms with E-state index >= 15 is 0 Å². The third-order valence-electron chi connectivity index (χ3n) is 12.7. The smallest absolute Gasteiger partial charge is 0.135 e. The number of hydrogen-bond donors (Lipinski definition) is 0. The van der Waals surface area contributed by atoms with Gasteiger partial charge in [-0.1, -0.05) is 103 Å². The minimum absolute atomic E-state index is 0.0806. The van der Waals surface area contributed by atoms with E-state index in [9.17, 15) is 0 Å². The summed E-state index contributed by atoms with van der Waals surface area (Å²) in [6, 6.07) is 57.3. The number of aryl methyl sites for hydroxylation is 1. The molecule has 0 N–H and O–H groups in total. The standard InChI is InChI=1S/C54H36N2O2/c1-5-19-47-39(15-1)40-16-2-6-20-48(40)55(47)37-13-9-11-33(27-37)35-23-25-51-43(29-35)45-31-46-44-30-36(24-26-52(44)58-54(46)32-53(45)57-51)34-12-10-14-38(28-34)56-49-21-7-3-17-41(49)42-18-4-8-22-50(42)56/h1-3,5-17,19-32,45,53H,4,18H2. The first-order chi connectivity index (χ1) is 28.7. The summed E-state index contributed by atoms with van der Waals surface area (Å²) in [6.07, 6.45) is 11.2. The lowest BCUT2D eigenvalue weighted by Gasteiger charge is -2.14. The monoisotopic (exact) mass is 744 g/mol. The number of fused-ring (bicyclic) bond motifs is 12. The first-order valence-corrected chi connectivity index (χ1v) is 20.3. The third-order valence-corrected chi connectivity index (χ3v) is 12.7. The Kier molecular flexibility index (Phi) is 6.65. The molecule has 0 saturated carbocycles. The summed E-state index contributed by atoms with van der Waals surface area (Å²) in [6.45, 7) is 0. The summed E-state index contributed by atoms with van der Waals surface area (Å²) in [5.74, 6) is 1.02. The van der Waals surface area contributed by atoms with Crippen molar-refractivity contribution in [3.63, 3.8) is 0 Å². The van der Waals surface area contributed by atoms with E-state index in [4.69, 9.17) is 9.15 Å². The summed E-state index contributed by atoms with van der Waals surface area (Å²) in [5, 5.41) is 6.15. The Labute approximate surface area is 334 Å². The van der Waals surface area contributed by atoms with Gasteiger partial charge in [0.25, 0.3) is 0 Å². The molecule has 2 atom stereocenters. The van der Waals surface area contributed by atoms with Gasteiger partial charge in [-0.2, -0.15) is 0 Å². The summed E-state index contributed by atoms with van der Waals surface area (Å²) in [5.41, 5.74) is 16.4. The topological polar surface area (TPSA) is 32.2 Å². The number of ether oxygens (including phenoxy) is 1. The lowest BCUT2D eigenvalue weighted by Crippen LogP contribution is -2.32. The molecule has 0 spiro atoms. The number of rotatable bonds is 4. The fourth-order valence-electron chi connectivity index (χ4n) is 10.1. The molecule has 2 aliphatic carbocycles. The van der Waals surface area contributed by atoms with Crippen LogP contribution in [0.4, 0.5) is 0 Å². The molecule has 4 heterocycles. The fraction of sp³-hybridized carbons (Fsp3) is 0.0741. The SMILES string of the molecule is C1=Cc2c(c3ccccc3n2-c2cccc(-c3ccc4oc5c(c4c3)=CC3c4cc(-c6cccc(-n7c8ccccc8c8ccccc87)c6)ccc4OC3C=5)c2)CC1. The maximum Gasteiger partial charge on any atom is 0.135 e. The van der Waals surface area contributed by atoms with E-state index in [1.54, 1.807) is 0 Å². The van der Waals surface area contributed by atoms with Gasteiger partial charge in [-0.25, -0.2) is 0 Å². The van der Waals surface area contributed by atoms with Crippen LogP contribution < -0.4 is 15.4 Å². The van der Waals surface area contributed by atoms with Gasteiger partial charge in [0.1, 0.15) is 22.9 Å². The van der Waals surface area contributed by atoms with Gasteiger partial charge in [-0.3, -0.25) is 0 Å². The van der Waals surface area contributed by atoms with Crippen molar-refractivity contribution in [2.45, 2.75) is 24.9 Å². The largest absolute Gasteiger partial charge is 0.485 e. The Bertz CT molecular complexity index is 3470. The van der Waals surface area contributed by atoms with Crippen LogP contribution in [0.25, 0.3) is 95.5 Å². The third kappa shape index (κ3) is 4.63. The van der Waals surface area contributed by atoms with Crippen LogP contribution in [-0.4, -0.2) is 15.2 Å². The minimum Gasteiger partial charge on any atom is -0.485 e. The second-order valence-corrected chi connectivity index (χ2v) is 15.9. The molecular weight excluding hydrogens is 709 g/mol. The van der Waals surface area contributed by atoms with Gasteiger partial charge in [-0.15, -0.1) is 0 Å². The van der Waals surface area contributed by atoms with Crippen LogP contribution >= 0.6 is 0 Å². The quantitative estimate of drug-likeness (QED) is 0.180. The average molecular weight is 745 g/mol. The van der Waals surface area contributed by atoms with E-state index in [-0.39, 0.29) is 12.0 Å². The molecule has 58 heavy (non-hydrogen) atoms. The van der Waals surface area contributed by atoms with Crippen LogP contribution in [0, 0.1) is 0 Å². The molecular formula is C54H36N2O2. The molecule has 0 saturated heterocycles. The minimum atomic E-state index is -0.116. The fourth-order valence-corrected chi connectivity index (χ4v) is 10.1. The van der Waals surface area contributed by atoms with Crippen LogP contribution in [0.2, 0.25) is 0 Å². The summed E-state index contributed by atoms with van der Waals surface area (Å²) in [7, 11) is 0. The summed E-state index contributed by atoms with van der Waals surface area (Å²) >= 11 is 0. The zero-order chi connectivity index (χ0) is 37.9. The lowest BCUT2D eigenvalue weighted by atomic mass is 9.89. The van der Waals surface area contributed by atoms with Crippen molar-refractivity contribution in [3.05, 3.63) is 191 Å². The molecule has 1 aliphatic heterocycles. The molecule has 13 rings (SSSR count). The molecule has 2 unspecified atom stereocenters. The number of aromatic nitrogens is 2. The maximum absolute atomic E-state index is 6.59. The second-order valence-electron chi connectivity index (χ2n) is 15.9. The molecule has 0 bridgehead atoms. The van der Waals surface area contributed by atoms with E-state index in [0.717, 1.165) is 45.9 Å². The highest BCUT2D eigenvalue weighted by molar-refractivity contribution is 6.09. The van der Waals surface area contributed by atoms with E-state index in [1.807, 2.05) is 0 Å². The van der Waals surface area contributed by atoms with Crippen molar-refractivity contribution in [2.24, 2.45) is 0 Å². The lowest BCUT2D eigenvalue weighted by molar-refractivity contribution is 0.286. The number of para-hydroxylation sites is 3. The number of nitrogens with zero attached hydrogens (tertiary/aromatic N) is 2. The van der Waals surface area contributed by atoms with Crippen LogP contribution in [0.15, 0.2) is 168 Å². The van der Waals surface area contributed by atoms with Gasteiger partial charge in [0.15, 0.2) is 0 Å². The number of allylic oxidation sites excluding steroid dienone is 1. The summed E-state index contributed by atoms with van der Waals surface area (Å²) in [4.78, 5) is 0. The van der Waals surface area contributed by atoms with Crippen molar-refractivity contribution < 1.29 is 9.15 Å². The van der Waals surface area contributed by atoms with Gasteiger partial charge < -0.3 is 18.3 Å². The highest BCUT2D eigenvalue weighted by Gasteiger charge is 2.34. The summed E-state index contributed by atoms with van der Waals surface area (Å²) < 4.78 is 17.9. The number of hydrogen-bond acceptors (Lipinski definition) is 2. The van der Waals surface area contributed by atoms with Crippen molar-refractivity contribution >= 4 is 61.9 Å². The van der Waals surface area contributed by atoms with Gasteiger partial charge in [0.2, 0.25) is 0 Å². The zero-order valence-corrected chi connectivity index (χ0v) is 31.6. The first kappa shape index (κ1) is 31.9. The number of furan rings is 1. The van der Waals surface area contributed by atoms with Gasteiger partial charge in [0.05, 0.1) is 16.6 Å².